The maximum absolute atomic E-state index is 12.4. The lowest BCUT2D eigenvalue weighted by Gasteiger charge is -2.07. The average Bonchev–Trinajstić information content (AvgIpc) is 2.92. The van der Waals surface area contributed by atoms with Gasteiger partial charge in [-0.25, -0.2) is 0 Å². The molecule has 2 aromatic rings. The fraction of sp³-hybridized carbons (Fsp3) is 0.250. The number of halogens is 3. The van der Waals surface area contributed by atoms with Crippen molar-refractivity contribution in [2.45, 2.75) is 12.7 Å². The lowest BCUT2D eigenvalue weighted by molar-refractivity contribution is -0.138. The largest absolute Gasteiger partial charge is 0.484 e. The van der Waals surface area contributed by atoms with Gasteiger partial charge in [-0.1, -0.05) is 23.5 Å². The van der Waals surface area contributed by atoms with Crippen molar-refractivity contribution in [2.75, 3.05) is 11.9 Å². The molecule has 6 nitrogen and oxygen atoms in total. The van der Waals surface area contributed by atoms with Gasteiger partial charge in [-0.2, -0.15) is 13.2 Å². The van der Waals surface area contributed by atoms with Crippen molar-refractivity contribution in [3.05, 3.63) is 34.8 Å². The minimum atomic E-state index is -4.50. The Kier molecular flexibility index (Phi) is 4.81. The Balaban J connectivity index is 1.95. The van der Waals surface area contributed by atoms with Gasteiger partial charge < -0.3 is 15.8 Å². The third-order valence-electron chi connectivity index (χ3n) is 2.39. The lowest BCUT2D eigenvalue weighted by Crippen LogP contribution is -2.20. The first kappa shape index (κ1) is 16.0. The summed E-state index contributed by atoms with van der Waals surface area (Å²) in [6, 6.07) is 6.71. The molecule has 0 aliphatic carbocycles. The number of nitrogens with zero attached hydrogens (tertiary/aromatic N) is 2. The fourth-order valence-electron chi connectivity index (χ4n) is 1.49. The van der Waals surface area contributed by atoms with E-state index in [1.54, 1.807) is 24.3 Å². The second-order valence-electron chi connectivity index (χ2n) is 4.17. The second-order valence-corrected chi connectivity index (χ2v) is 5.14. The van der Waals surface area contributed by atoms with Crippen LogP contribution in [0.1, 0.15) is 10.6 Å². The van der Waals surface area contributed by atoms with Gasteiger partial charge in [-0.05, 0) is 17.7 Å². The van der Waals surface area contributed by atoms with Gasteiger partial charge in [-0.3, -0.25) is 4.79 Å². The molecule has 0 atom stereocenters. The summed E-state index contributed by atoms with van der Waals surface area (Å²) in [5, 5.41) is 8.30. The molecule has 0 saturated heterocycles. The highest BCUT2D eigenvalue weighted by atomic mass is 32.1. The first-order valence-electron chi connectivity index (χ1n) is 5.99. The van der Waals surface area contributed by atoms with Crippen LogP contribution >= 0.6 is 11.3 Å². The number of rotatable bonds is 6. The normalized spacial score (nSPS) is 11.2. The molecule has 0 aliphatic heterocycles. The van der Waals surface area contributed by atoms with Crippen LogP contribution in [0.15, 0.2) is 24.3 Å². The van der Waals surface area contributed by atoms with E-state index in [9.17, 15) is 18.0 Å². The monoisotopic (exact) mass is 332 g/mol. The van der Waals surface area contributed by atoms with Crippen molar-refractivity contribution < 1.29 is 22.7 Å². The van der Waals surface area contributed by atoms with Crippen molar-refractivity contribution in [1.82, 2.24) is 10.2 Å². The highest BCUT2D eigenvalue weighted by Gasteiger charge is 2.35. The summed E-state index contributed by atoms with van der Waals surface area (Å²) in [6.07, 6.45) is -4.50. The molecule has 2 rings (SSSR count). The van der Waals surface area contributed by atoms with Gasteiger partial charge in [-0.15, -0.1) is 10.2 Å². The standard InChI is InChI=1S/C12H11F3N4O2S/c13-12(14,15)10-18-19-11(22-10)17-5-7-2-1-3-8(4-7)21-6-9(16)20/h1-4H,5-6H2,(H2,16,20)(H,17,19). The number of amides is 1. The quantitative estimate of drug-likeness (QED) is 0.845. The van der Waals surface area contributed by atoms with Crippen molar-refractivity contribution in [3.8, 4) is 5.75 Å². The molecule has 0 radical (unpaired) electrons. The van der Waals surface area contributed by atoms with E-state index in [-0.39, 0.29) is 18.3 Å². The maximum atomic E-state index is 12.4. The second kappa shape index (κ2) is 6.60. The summed E-state index contributed by atoms with van der Waals surface area (Å²) in [5.74, 6) is -0.164. The molecule has 0 saturated carbocycles. The van der Waals surface area contributed by atoms with Gasteiger partial charge in [0.2, 0.25) is 10.1 Å². The Morgan fingerprint density at radius 2 is 2.14 bits per heavy atom. The van der Waals surface area contributed by atoms with E-state index in [1.165, 1.54) is 0 Å². The summed E-state index contributed by atoms with van der Waals surface area (Å²) in [6.45, 7) is -0.0114. The first-order chi connectivity index (χ1) is 10.3. The lowest BCUT2D eigenvalue weighted by atomic mass is 10.2. The number of carbonyl (C=O) groups excluding carboxylic acids is 1. The Labute approximate surface area is 127 Å². The molecule has 1 amide bonds. The molecule has 1 heterocycles. The number of aromatic nitrogens is 2. The van der Waals surface area contributed by atoms with Crippen LogP contribution in [0.25, 0.3) is 0 Å². The number of ether oxygens (including phenoxy) is 1. The zero-order chi connectivity index (χ0) is 16.2. The number of nitrogens with one attached hydrogen (secondary N) is 1. The van der Waals surface area contributed by atoms with Crippen molar-refractivity contribution in [3.63, 3.8) is 0 Å². The van der Waals surface area contributed by atoms with Crippen LogP contribution in [0.4, 0.5) is 18.3 Å². The van der Waals surface area contributed by atoms with E-state index >= 15 is 0 Å². The summed E-state index contributed by atoms with van der Waals surface area (Å²) >= 11 is 0.427. The molecule has 1 aromatic carbocycles. The van der Waals surface area contributed by atoms with Crippen LogP contribution in [0.2, 0.25) is 0 Å². The molecule has 118 valence electrons. The molecule has 0 bridgehead atoms. The minimum Gasteiger partial charge on any atom is -0.484 e. The minimum absolute atomic E-state index is 0.0655. The van der Waals surface area contributed by atoms with E-state index in [0.717, 1.165) is 5.56 Å². The average molecular weight is 332 g/mol. The van der Waals surface area contributed by atoms with Crippen LogP contribution in [0, 0.1) is 0 Å². The third-order valence-corrected chi connectivity index (χ3v) is 3.32. The molecule has 22 heavy (non-hydrogen) atoms. The number of benzene rings is 1. The van der Waals surface area contributed by atoms with Gasteiger partial charge in [0.15, 0.2) is 6.61 Å². The van der Waals surface area contributed by atoms with E-state index in [4.69, 9.17) is 10.5 Å². The number of hydrogen-bond donors (Lipinski definition) is 2. The SMILES string of the molecule is NC(=O)COc1cccc(CNc2nnc(C(F)(F)F)s2)c1. The molecule has 0 aliphatic rings. The van der Waals surface area contributed by atoms with Gasteiger partial charge in [0.1, 0.15) is 5.75 Å². The molecule has 1 aromatic heterocycles. The first-order valence-corrected chi connectivity index (χ1v) is 6.81. The van der Waals surface area contributed by atoms with Gasteiger partial charge in [0, 0.05) is 6.54 Å². The molecule has 0 unspecified atom stereocenters. The number of hydrogen-bond acceptors (Lipinski definition) is 6. The number of anilines is 1. The topological polar surface area (TPSA) is 90.1 Å². The molecule has 3 N–H and O–H groups in total. The molecule has 0 fully saturated rings. The summed E-state index contributed by atoms with van der Waals surface area (Å²) in [5.41, 5.74) is 5.71. The van der Waals surface area contributed by atoms with Crippen molar-refractivity contribution >= 4 is 22.4 Å². The van der Waals surface area contributed by atoms with E-state index in [2.05, 4.69) is 15.5 Å². The third kappa shape index (κ3) is 4.58. The predicted molar refractivity (Wildman–Crippen MR) is 73.4 cm³/mol. The van der Waals surface area contributed by atoms with Crippen LogP contribution in [-0.2, 0) is 17.5 Å². The number of nitrogens with two attached hydrogens (primary N) is 1. The van der Waals surface area contributed by atoms with Crippen molar-refractivity contribution in [1.29, 1.82) is 0 Å². The van der Waals surface area contributed by atoms with Crippen LogP contribution in [0.5, 0.6) is 5.75 Å². The molecule has 0 spiro atoms. The molecule has 10 heteroatoms. The summed E-state index contributed by atoms with van der Waals surface area (Å²) in [4.78, 5) is 10.6. The van der Waals surface area contributed by atoms with E-state index in [0.29, 0.717) is 17.1 Å². The Morgan fingerprint density at radius 3 is 2.77 bits per heavy atom. The fourth-order valence-corrected chi connectivity index (χ4v) is 2.09. The zero-order valence-corrected chi connectivity index (χ0v) is 11.9. The van der Waals surface area contributed by atoms with Gasteiger partial charge in [0.05, 0.1) is 0 Å². The van der Waals surface area contributed by atoms with Crippen LogP contribution in [0.3, 0.4) is 0 Å². The van der Waals surface area contributed by atoms with Crippen LogP contribution < -0.4 is 15.8 Å². The highest BCUT2D eigenvalue weighted by molar-refractivity contribution is 7.15. The zero-order valence-electron chi connectivity index (χ0n) is 11.1. The Hall–Kier alpha value is -2.36. The number of carbonyl (C=O) groups is 1. The Bertz CT molecular complexity index is 660. The molecular formula is C12H11F3N4O2S. The number of primary amides is 1. The van der Waals surface area contributed by atoms with Crippen molar-refractivity contribution in [2.24, 2.45) is 5.73 Å². The smallest absolute Gasteiger partial charge is 0.445 e. The maximum Gasteiger partial charge on any atom is 0.445 e. The highest BCUT2D eigenvalue weighted by Crippen LogP contribution is 2.33. The summed E-state index contributed by atoms with van der Waals surface area (Å²) < 4.78 is 42.3. The number of alkyl halides is 3. The van der Waals surface area contributed by atoms with Gasteiger partial charge >= 0.3 is 6.18 Å². The molecular weight excluding hydrogens is 321 g/mol. The summed E-state index contributed by atoms with van der Waals surface area (Å²) in [7, 11) is 0. The van der Waals surface area contributed by atoms with E-state index in [1.807, 2.05) is 0 Å². The van der Waals surface area contributed by atoms with Crippen LogP contribution in [-0.4, -0.2) is 22.7 Å². The van der Waals surface area contributed by atoms with Gasteiger partial charge in [0.25, 0.3) is 5.91 Å². The predicted octanol–water partition coefficient (Wildman–Crippen LogP) is 2.03. The van der Waals surface area contributed by atoms with E-state index < -0.39 is 17.1 Å². The Morgan fingerprint density at radius 1 is 1.36 bits per heavy atom.